The van der Waals surface area contributed by atoms with Gasteiger partial charge in [-0.15, -0.1) is 0 Å². The normalized spacial score (nSPS) is 20.2. The number of benzene rings is 10. The molecular formula is C50H30O. The maximum absolute atomic E-state index is 9.95. The van der Waals surface area contributed by atoms with Crippen molar-refractivity contribution in [3.8, 4) is 33.4 Å². The van der Waals surface area contributed by atoms with Crippen LogP contribution in [0.15, 0.2) is 186 Å². The van der Waals surface area contributed by atoms with Crippen molar-refractivity contribution in [1.82, 2.24) is 0 Å². The Morgan fingerprint density at radius 1 is 0.314 bits per heavy atom. The van der Waals surface area contributed by atoms with Crippen LogP contribution in [0.1, 0.15) is 41.1 Å². The molecule has 1 aromatic heterocycles. The van der Waals surface area contributed by atoms with Crippen LogP contribution in [-0.4, -0.2) is 0 Å². The molecule has 0 aliphatic rings. The molecule has 0 fully saturated rings. The van der Waals surface area contributed by atoms with Gasteiger partial charge in [-0.1, -0.05) is 157 Å². The fraction of sp³-hybridized carbons (Fsp3) is 0. The molecule has 0 bridgehead atoms. The topological polar surface area (TPSA) is 13.1 Å². The van der Waals surface area contributed by atoms with Gasteiger partial charge in [0.25, 0.3) is 0 Å². The largest absolute Gasteiger partial charge is 0.456 e. The van der Waals surface area contributed by atoms with Crippen LogP contribution in [0.5, 0.6) is 0 Å². The first kappa shape index (κ1) is 11.7. The molecule has 1 heteroatoms. The number of hydrogen-bond acceptors (Lipinski definition) is 1. The van der Waals surface area contributed by atoms with Crippen molar-refractivity contribution in [2.75, 3.05) is 0 Å². The van der Waals surface area contributed by atoms with Crippen molar-refractivity contribution in [3.05, 3.63) is 181 Å². The Balaban J connectivity index is 1.47. The maximum Gasteiger partial charge on any atom is 0.136 e. The Morgan fingerprint density at radius 3 is 1.61 bits per heavy atom. The van der Waals surface area contributed by atoms with E-state index in [1.165, 1.54) is 0 Å². The summed E-state index contributed by atoms with van der Waals surface area (Å²) in [7, 11) is 0. The first-order chi connectivity index (χ1) is 37.8. The van der Waals surface area contributed by atoms with Crippen molar-refractivity contribution >= 4 is 75.8 Å². The van der Waals surface area contributed by atoms with E-state index in [0.717, 1.165) is 0 Å². The second-order valence-electron chi connectivity index (χ2n) is 11.3. The fourth-order valence-corrected chi connectivity index (χ4v) is 6.45. The zero-order chi connectivity index (χ0) is 59.6. The highest BCUT2D eigenvalue weighted by Crippen LogP contribution is 2.47. The fourth-order valence-electron chi connectivity index (χ4n) is 6.45. The van der Waals surface area contributed by atoms with Crippen LogP contribution < -0.4 is 0 Å². The molecule has 11 rings (SSSR count). The summed E-state index contributed by atoms with van der Waals surface area (Å²) in [6, 6.07) is -28.8. The van der Waals surface area contributed by atoms with E-state index >= 15 is 0 Å². The van der Waals surface area contributed by atoms with Gasteiger partial charge >= 0.3 is 0 Å². The van der Waals surface area contributed by atoms with E-state index in [9.17, 15) is 19.2 Å². The van der Waals surface area contributed by atoms with Crippen LogP contribution in [0.3, 0.4) is 0 Å². The lowest BCUT2D eigenvalue weighted by Gasteiger charge is -2.20. The van der Waals surface area contributed by atoms with Crippen molar-refractivity contribution in [1.29, 1.82) is 0 Å². The van der Waals surface area contributed by atoms with Crippen LogP contribution in [-0.2, 0) is 0 Å². The van der Waals surface area contributed by atoms with E-state index in [0.29, 0.717) is 0 Å². The molecule has 0 N–H and O–H groups in total. The second-order valence-corrected chi connectivity index (χ2v) is 11.3. The van der Waals surface area contributed by atoms with Gasteiger partial charge in [-0.25, -0.2) is 0 Å². The molecule has 0 radical (unpaired) electrons. The SMILES string of the molecule is [2H]c1c(-c2c([2H])c([2H])c([2H])c3c([2H])c([2H])c([2H])c(-c4c5c([2H])c([2H])c([2H])c([2H])c5c(-c5c([2H])c([2H])c6c([2H])c([2H])c([2H])c([2H])c6c5[2H])c5c([2H])c([2H])c([2H])c([2H])c45)c23)c([2H])c2c(oc3c([2H])c([2H])c4c([2H])c([2H])c([2H])c([2H])c4c32)c1[2H]. The second kappa shape index (κ2) is 10.9. The van der Waals surface area contributed by atoms with Crippen molar-refractivity contribution in [2.24, 2.45) is 0 Å². The summed E-state index contributed by atoms with van der Waals surface area (Å²) >= 11 is 0. The molecule has 0 saturated heterocycles. The quantitative estimate of drug-likeness (QED) is 0.170. The van der Waals surface area contributed by atoms with Crippen LogP contribution in [0.2, 0.25) is 0 Å². The Labute approximate surface area is 336 Å². The first-order valence-electron chi connectivity index (χ1n) is 30.2. The molecule has 0 saturated carbocycles. The Morgan fingerprint density at radius 2 is 0.863 bits per heavy atom. The maximum atomic E-state index is 9.95. The van der Waals surface area contributed by atoms with Crippen molar-refractivity contribution in [2.45, 2.75) is 0 Å². The van der Waals surface area contributed by atoms with E-state index in [2.05, 4.69) is 0 Å². The first-order valence-corrected chi connectivity index (χ1v) is 15.2. The van der Waals surface area contributed by atoms with Gasteiger partial charge in [0.1, 0.15) is 11.2 Å². The summed E-state index contributed by atoms with van der Waals surface area (Å²) in [4.78, 5) is 0. The number of hydrogen-bond donors (Lipinski definition) is 0. The predicted octanol–water partition coefficient (Wildman–Crippen LogP) is 14.4. The number of fused-ring (bicyclic) bond motifs is 9. The Hall–Kier alpha value is -6.70. The van der Waals surface area contributed by atoms with Gasteiger partial charge in [0.15, 0.2) is 0 Å². The standard InChI is InChI=1S/C50H30O/c1-2-13-34-29-36(24-23-31(34)11-1)48-39-17-5-7-19-41(39)49(42-20-8-6-18-40(42)48)43-22-10-15-33-14-9-21-38(47(33)43)35-26-27-45-44(30-35)50-37-16-4-3-12-32(37)25-28-46(50)51-45/h1-30H/i1D,2D,3D,4D,5D,6D,7D,8D,9D,10D,11D,12D,13D,14D,15D,16D,17D,18D,19D,20D,21D,22D,23D,24D,25D,26D,27D,28D,29D,30D. The van der Waals surface area contributed by atoms with E-state index in [1.54, 1.807) is 0 Å². The lowest BCUT2D eigenvalue weighted by atomic mass is 9.83. The lowest BCUT2D eigenvalue weighted by molar-refractivity contribution is 0.669. The molecule has 0 aliphatic heterocycles. The molecule has 0 unspecified atom stereocenters. The van der Waals surface area contributed by atoms with Gasteiger partial charge in [-0.2, -0.15) is 0 Å². The van der Waals surface area contributed by atoms with Crippen molar-refractivity contribution in [3.63, 3.8) is 0 Å². The average Bonchev–Trinajstić information content (AvgIpc) is 4.06. The average molecular weight is 677 g/mol. The molecule has 1 nitrogen and oxygen atoms in total. The highest BCUT2D eigenvalue weighted by Gasteiger charge is 2.20. The minimum Gasteiger partial charge on any atom is -0.456 e. The molecule has 51 heavy (non-hydrogen) atoms. The summed E-state index contributed by atoms with van der Waals surface area (Å²) < 4.78 is 280. The molecule has 236 valence electrons. The van der Waals surface area contributed by atoms with Crippen LogP contribution in [0.25, 0.3) is 109 Å². The highest BCUT2D eigenvalue weighted by molar-refractivity contribution is 6.25. The van der Waals surface area contributed by atoms with Gasteiger partial charge in [0.05, 0.1) is 41.1 Å². The van der Waals surface area contributed by atoms with Crippen LogP contribution in [0, 0.1) is 0 Å². The molecule has 0 amide bonds. The zero-order valence-corrected chi connectivity index (χ0v) is 25.4. The Bertz CT molecular complexity index is 4840. The monoisotopic (exact) mass is 676 g/mol. The summed E-state index contributed by atoms with van der Waals surface area (Å²) in [5.74, 6) is 0. The molecule has 11 aromatic rings. The third-order valence-electron chi connectivity index (χ3n) is 8.57. The van der Waals surface area contributed by atoms with Gasteiger partial charge < -0.3 is 4.42 Å². The number of rotatable bonds is 3. The Kier molecular flexibility index (Phi) is 2.50. The molecule has 0 aliphatic carbocycles. The van der Waals surface area contributed by atoms with Gasteiger partial charge in [0, 0.05) is 10.8 Å². The highest BCUT2D eigenvalue weighted by atomic mass is 16.3. The van der Waals surface area contributed by atoms with Crippen LogP contribution in [0.4, 0.5) is 0 Å². The lowest BCUT2D eigenvalue weighted by Crippen LogP contribution is -1.93. The van der Waals surface area contributed by atoms with E-state index in [4.69, 9.17) is 26.3 Å². The van der Waals surface area contributed by atoms with Crippen LogP contribution >= 0.6 is 0 Å². The molecule has 10 aromatic carbocycles. The zero-order valence-electron chi connectivity index (χ0n) is 55.4. The summed E-state index contributed by atoms with van der Waals surface area (Å²) in [5.41, 5.74) is -6.28. The summed E-state index contributed by atoms with van der Waals surface area (Å²) in [5, 5.41) is -8.15. The minimum absolute atomic E-state index is 0.440. The number of furan rings is 1. The predicted molar refractivity (Wildman–Crippen MR) is 218 cm³/mol. The third-order valence-corrected chi connectivity index (χ3v) is 8.57. The van der Waals surface area contributed by atoms with E-state index in [-0.39, 0.29) is 0 Å². The minimum atomic E-state index is -1.12. The van der Waals surface area contributed by atoms with Crippen molar-refractivity contribution < 1.29 is 45.5 Å². The smallest absolute Gasteiger partial charge is 0.136 e. The molecule has 0 atom stereocenters. The van der Waals surface area contributed by atoms with E-state index in [1.807, 2.05) is 0 Å². The molecular weight excluding hydrogens is 617 g/mol. The summed E-state index contributed by atoms with van der Waals surface area (Å²) in [6.07, 6.45) is 0. The van der Waals surface area contributed by atoms with Gasteiger partial charge in [-0.05, 0) is 111 Å². The van der Waals surface area contributed by atoms with E-state index < -0.39 is 290 Å². The van der Waals surface area contributed by atoms with Gasteiger partial charge in [0.2, 0.25) is 0 Å². The third kappa shape index (κ3) is 4.22. The molecule has 1 heterocycles. The summed E-state index contributed by atoms with van der Waals surface area (Å²) in [6.45, 7) is 0. The van der Waals surface area contributed by atoms with Gasteiger partial charge in [-0.3, -0.25) is 0 Å². The molecule has 0 spiro atoms.